The molecule has 1 rings (SSSR count). The van der Waals surface area contributed by atoms with E-state index in [-0.39, 0.29) is 5.75 Å². The lowest BCUT2D eigenvalue weighted by molar-refractivity contribution is 0.308. The van der Waals surface area contributed by atoms with Gasteiger partial charge in [0, 0.05) is 15.7 Å². The van der Waals surface area contributed by atoms with Crippen molar-refractivity contribution in [3.63, 3.8) is 0 Å². The first kappa shape index (κ1) is 15.1. The van der Waals surface area contributed by atoms with Gasteiger partial charge in [0.15, 0.2) is 0 Å². The molecule has 0 atom stereocenters. The van der Waals surface area contributed by atoms with Crippen molar-refractivity contribution < 1.29 is 13.2 Å². The monoisotopic (exact) mass is 360 g/mol. The number of unbranched alkanes of at least 4 members (excludes halogenated alkanes) is 1. The maximum atomic E-state index is 10.7. The zero-order valence-electron chi connectivity index (χ0n) is 8.83. The van der Waals surface area contributed by atoms with Gasteiger partial charge in [0.05, 0.1) is 16.8 Å². The maximum Gasteiger partial charge on any atom is 0.232 e. The highest BCUT2D eigenvalue weighted by molar-refractivity contribution is 9.10. The normalized spacial score (nSPS) is 11.5. The highest BCUT2D eigenvalue weighted by Gasteiger charge is 2.05. The second-order valence-electron chi connectivity index (χ2n) is 3.37. The average Bonchev–Trinajstić information content (AvgIpc) is 2.18. The van der Waals surface area contributed by atoms with Crippen molar-refractivity contribution in [2.24, 2.45) is 0 Å². The van der Waals surface area contributed by atoms with Gasteiger partial charge in [-0.25, -0.2) is 8.42 Å². The molecule has 0 spiro atoms. The molecule has 0 aliphatic rings. The molecule has 0 aliphatic heterocycles. The van der Waals surface area contributed by atoms with Crippen LogP contribution in [-0.4, -0.2) is 20.8 Å². The number of hydrogen-bond donors (Lipinski definition) is 0. The summed E-state index contributed by atoms with van der Waals surface area (Å²) in [6.07, 6.45) is 1.11. The Morgan fingerprint density at radius 2 is 2.00 bits per heavy atom. The van der Waals surface area contributed by atoms with Crippen LogP contribution in [0.2, 0.25) is 5.02 Å². The van der Waals surface area contributed by atoms with Crippen LogP contribution in [0.25, 0.3) is 0 Å². The van der Waals surface area contributed by atoms with Crippen molar-refractivity contribution >= 4 is 47.3 Å². The molecule has 0 radical (unpaired) electrons. The molecular weight excluding hydrogens is 351 g/mol. The SMILES string of the molecule is O=S(=O)(Cl)CCCCOc1ccc(Cl)cc1Br. The van der Waals surface area contributed by atoms with Crippen LogP contribution in [0, 0.1) is 0 Å². The number of halogens is 3. The molecule has 0 N–H and O–H groups in total. The summed E-state index contributed by atoms with van der Waals surface area (Å²) < 4.78 is 27.6. The van der Waals surface area contributed by atoms with Crippen LogP contribution in [0.15, 0.2) is 22.7 Å². The molecule has 0 amide bonds. The Morgan fingerprint density at radius 3 is 2.59 bits per heavy atom. The highest BCUT2D eigenvalue weighted by Crippen LogP contribution is 2.28. The molecule has 1 aromatic rings. The Labute approximate surface area is 119 Å². The molecule has 0 bridgehead atoms. The molecule has 96 valence electrons. The van der Waals surface area contributed by atoms with E-state index >= 15 is 0 Å². The van der Waals surface area contributed by atoms with Crippen LogP contribution in [0.1, 0.15) is 12.8 Å². The van der Waals surface area contributed by atoms with E-state index in [1.54, 1.807) is 18.2 Å². The summed E-state index contributed by atoms with van der Waals surface area (Å²) >= 11 is 9.11. The summed E-state index contributed by atoms with van der Waals surface area (Å²) in [7, 11) is 1.69. The Hall–Kier alpha value is 0.0300. The van der Waals surface area contributed by atoms with Crippen LogP contribution in [-0.2, 0) is 9.05 Å². The highest BCUT2D eigenvalue weighted by atomic mass is 79.9. The second kappa shape index (κ2) is 6.83. The fraction of sp³-hybridized carbons (Fsp3) is 0.400. The van der Waals surface area contributed by atoms with Crippen molar-refractivity contribution in [2.75, 3.05) is 12.4 Å². The van der Waals surface area contributed by atoms with E-state index in [1.165, 1.54) is 0 Å². The lowest BCUT2D eigenvalue weighted by atomic mass is 10.3. The molecule has 1 aromatic carbocycles. The minimum Gasteiger partial charge on any atom is -0.492 e. The lowest BCUT2D eigenvalue weighted by Crippen LogP contribution is -2.02. The molecular formula is C10H11BrCl2O3S. The predicted octanol–water partition coefficient (Wildman–Crippen LogP) is 3.83. The van der Waals surface area contributed by atoms with Crippen LogP contribution >= 0.6 is 38.2 Å². The van der Waals surface area contributed by atoms with Gasteiger partial charge in [0.2, 0.25) is 9.05 Å². The van der Waals surface area contributed by atoms with Gasteiger partial charge < -0.3 is 4.74 Å². The quantitative estimate of drug-likeness (QED) is 0.571. The fourth-order valence-electron chi connectivity index (χ4n) is 1.15. The second-order valence-corrected chi connectivity index (χ2v) is 7.56. The first-order valence-electron chi connectivity index (χ1n) is 4.89. The first-order valence-corrected chi connectivity index (χ1v) is 8.53. The van der Waals surface area contributed by atoms with E-state index in [0.717, 1.165) is 4.47 Å². The third-order valence-electron chi connectivity index (χ3n) is 1.93. The minimum atomic E-state index is -3.39. The fourth-order valence-corrected chi connectivity index (χ4v) is 2.82. The Balaban J connectivity index is 2.32. The van der Waals surface area contributed by atoms with Crippen molar-refractivity contribution in [2.45, 2.75) is 12.8 Å². The Bertz CT molecular complexity index is 476. The summed E-state index contributed by atoms with van der Waals surface area (Å²) in [5, 5.41) is 0.623. The van der Waals surface area contributed by atoms with E-state index in [9.17, 15) is 8.42 Å². The van der Waals surface area contributed by atoms with Gasteiger partial charge >= 0.3 is 0 Å². The van der Waals surface area contributed by atoms with Gasteiger partial charge in [0.1, 0.15) is 5.75 Å². The van der Waals surface area contributed by atoms with Crippen LogP contribution in [0.4, 0.5) is 0 Å². The molecule has 0 saturated carbocycles. The van der Waals surface area contributed by atoms with Crippen LogP contribution < -0.4 is 4.74 Å². The van der Waals surface area contributed by atoms with Gasteiger partial charge in [-0.2, -0.15) is 0 Å². The van der Waals surface area contributed by atoms with Crippen LogP contribution in [0.5, 0.6) is 5.75 Å². The third-order valence-corrected chi connectivity index (χ3v) is 4.03. The summed E-state index contributed by atoms with van der Waals surface area (Å²) in [6, 6.07) is 5.22. The standard InChI is InChI=1S/C10H11BrCl2O3S/c11-9-7-8(12)3-4-10(9)16-5-1-2-6-17(13,14)15/h3-4,7H,1-2,5-6H2. The summed E-state index contributed by atoms with van der Waals surface area (Å²) in [6.45, 7) is 0.437. The van der Waals surface area contributed by atoms with Gasteiger partial charge in [-0.05, 0) is 47.0 Å². The zero-order valence-corrected chi connectivity index (χ0v) is 12.7. The van der Waals surface area contributed by atoms with Crippen LogP contribution in [0.3, 0.4) is 0 Å². The maximum absolute atomic E-state index is 10.7. The number of rotatable bonds is 6. The molecule has 0 aliphatic carbocycles. The predicted molar refractivity (Wildman–Crippen MR) is 73.5 cm³/mol. The molecule has 0 fully saturated rings. The molecule has 17 heavy (non-hydrogen) atoms. The number of ether oxygens (including phenoxy) is 1. The van der Waals surface area contributed by atoms with Gasteiger partial charge in [-0.1, -0.05) is 11.6 Å². The van der Waals surface area contributed by atoms with Gasteiger partial charge in [-0.15, -0.1) is 0 Å². The van der Waals surface area contributed by atoms with E-state index in [0.29, 0.717) is 30.2 Å². The summed E-state index contributed by atoms with van der Waals surface area (Å²) in [5.41, 5.74) is 0. The molecule has 0 heterocycles. The van der Waals surface area contributed by atoms with E-state index in [4.69, 9.17) is 27.0 Å². The lowest BCUT2D eigenvalue weighted by Gasteiger charge is -2.07. The van der Waals surface area contributed by atoms with Crippen molar-refractivity contribution in [1.29, 1.82) is 0 Å². The smallest absolute Gasteiger partial charge is 0.232 e. The average molecular weight is 362 g/mol. The first-order chi connectivity index (χ1) is 7.88. The third kappa shape index (κ3) is 6.50. The van der Waals surface area contributed by atoms with E-state index in [2.05, 4.69) is 15.9 Å². The molecule has 7 heteroatoms. The zero-order chi connectivity index (χ0) is 12.9. The van der Waals surface area contributed by atoms with E-state index in [1.807, 2.05) is 0 Å². The molecule has 3 nitrogen and oxygen atoms in total. The topological polar surface area (TPSA) is 43.4 Å². The Kier molecular flexibility index (Phi) is 6.06. The number of hydrogen-bond acceptors (Lipinski definition) is 3. The van der Waals surface area contributed by atoms with Crippen molar-refractivity contribution in [1.82, 2.24) is 0 Å². The summed E-state index contributed by atoms with van der Waals surface area (Å²) in [4.78, 5) is 0. The van der Waals surface area contributed by atoms with Gasteiger partial charge in [0.25, 0.3) is 0 Å². The molecule has 0 saturated heterocycles. The molecule has 0 aromatic heterocycles. The largest absolute Gasteiger partial charge is 0.492 e. The van der Waals surface area contributed by atoms with Crippen molar-refractivity contribution in [3.8, 4) is 5.75 Å². The van der Waals surface area contributed by atoms with Gasteiger partial charge in [-0.3, -0.25) is 0 Å². The summed E-state index contributed by atoms with van der Waals surface area (Å²) in [5.74, 6) is 0.655. The Morgan fingerprint density at radius 1 is 1.29 bits per heavy atom. The molecule has 0 unspecified atom stereocenters. The van der Waals surface area contributed by atoms with Crippen molar-refractivity contribution in [3.05, 3.63) is 27.7 Å². The van der Waals surface area contributed by atoms with E-state index < -0.39 is 9.05 Å². The number of benzene rings is 1. The minimum absolute atomic E-state index is 0.0281.